The van der Waals surface area contributed by atoms with Crippen LogP contribution < -0.4 is 16.2 Å². The van der Waals surface area contributed by atoms with Crippen LogP contribution in [0.4, 0.5) is 21.5 Å². The summed E-state index contributed by atoms with van der Waals surface area (Å²) >= 11 is 6.12. The number of carbonyl (C=O) groups is 4. The number of carbonyl (C=O) groups excluding carboxylic acids is 2. The number of aromatic carboxylic acids is 2. The average molecular weight is 1020 g/mol. The van der Waals surface area contributed by atoms with Crippen LogP contribution in [-0.4, -0.2) is 72.5 Å². The van der Waals surface area contributed by atoms with Gasteiger partial charge in [0.25, 0.3) is 17.3 Å². The molecule has 0 aliphatic heterocycles. The Morgan fingerprint density at radius 1 is 0.847 bits per heavy atom. The lowest BCUT2D eigenvalue weighted by Crippen LogP contribution is -2.23. The van der Waals surface area contributed by atoms with Gasteiger partial charge in [-0.3, -0.25) is 39.8 Å². The third-order valence-electron chi connectivity index (χ3n) is 9.97. The molecule has 0 bridgehead atoms. The largest absolute Gasteiger partial charge is 0.478 e. The molecule has 4 aromatic carbocycles. The summed E-state index contributed by atoms with van der Waals surface area (Å²) in [5, 5.41) is 49.0. The third kappa shape index (κ3) is 13.8. The summed E-state index contributed by atoms with van der Waals surface area (Å²) in [5.74, 6) is -3.29. The molecule has 0 aliphatic carbocycles. The number of nitro groups is 2. The summed E-state index contributed by atoms with van der Waals surface area (Å²) in [6, 6.07) is 18.6. The minimum atomic E-state index is -4.02. The van der Waals surface area contributed by atoms with Gasteiger partial charge >= 0.3 is 11.9 Å². The van der Waals surface area contributed by atoms with Crippen molar-refractivity contribution in [3.63, 3.8) is 0 Å². The maximum absolute atomic E-state index is 14.5. The van der Waals surface area contributed by atoms with Crippen LogP contribution in [0.25, 0.3) is 32.7 Å². The minimum Gasteiger partial charge on any atom is -0.478 e. The number of rotatable bonds is 11. The van der Waals surface area contributed by atoms with Gasteiger partial charge in [0.1, 0.15) is 28.2 Å². The number of aldehydes is 1. The van der Waals surface area contributed by atoms with Crippen molar-refractivity contribution in [2.45, 2.75) is 38.6 Å². The summed E-state index contributed by atoms with van der Waals surface area (Å²) in [4.78, 5) is 78.7. The molecule has 0 aliphatic rings. The standard InChI is InChI=1S/C26H21ClFN5O3S.C11H8N2O4.C7H6N2O4.C4H6O/c1-14-4-17-5-15(7-24(37(29,35)36)25(17)32-11-14)6-19-8-16(2-3-30-19)26(34)33-12-18-9-20-21(27)13-31-23(20)10-22(18)28;1-6-2-7-3-8(11(14)15)4-9(13(16)17)10(7)12-5-6;8-5-2-1-4(7(10)11)3-6(5)9(12)13;1-4(2)3-5/h2-5,7-11,13,31H,6,12H2,1H3,(H,33,34)(H2,29,35,36);2-5H,1H3,(H,14,15);1-3H,8H2,(H,10,11);3H,1H2,2H3. The number of sulfonamides is 1. The lowest BCUT2D eigenvalue weighted by molar-refractivity contribution is -0.384. The highest BCUT2D eigenvalue weighted by molar-refractivity contribution is 7.89. The van der Waals surface area contributed by atoms with Gasteiger partial charge in [0.2, 0.25) is 10.0 Å². The van der Waals surface area contributed by atoms with Crippen LogP contribution in [0.2, 0.25) is 5.02 Å². The highest BCUT2D eigenvalue weighted by Crippen LogP contribution is 2.29. The Bertz CT molecular complexity index is 3610. The Morgan fingerprint density at radius 2 is 1.44 bits per heavy atom. The highest BCUT2D eigenvalue weighted by atomic mass is 35.5. The Morgan fingerprint density at radius 3 is 2.03 bits per heavy atom. The van der Waals surface area contributed by atoms with Crippen molar-refractivity contribution < 1.29 is 52.0 Å². The van der Waals surface area contributed by atoms with Crippen molar-refractivity contribution in [1.82, 2.24) is 25.3 Å². The van der Waals surface area contributed by atoms with Crippen molar-refractivity contribution in [3.05, 3.63) is 192 Å². The van der Waals surface area contributed by atoms with Crippen LogP contribution in [0.3, 0.4) is 0 Å². The number of aromatic nitrogens is 4. The summed E-state index contributed by atoms with van der Waals surface area (Å²) in [5.41, 5.74) is 9.40. The summed E-state index contributed by atoms with van der Waals surface area (Å²) in [6.07, 6.45) is 7.13. The Balaban J connectivity index is 0.000000225. The summed E-state index contributed by atoms with van der Waals surface area (Å²) < 4.78 is 38.9. The molecular weight excluding hydrogens is 981 g/mol. The number of carboxylic acids is 2. The maximum atomic E-state index is 14.5. The van der Waals surface area contributed by atoms with Crippen molar-refractivity contribution in [3.8, 4) is 0 Å². The average Bonchev–Trinajstić information content (AvgIpc) is 3.67. The number of nitrogens with zero attached hydrogens (tertiary/aromatic N) is 5. The van der Waals surface area contributed by atoms with Gasteiger partial charge in [-0.05, 0) is 110 Å². The molecule has 1 amide bonds. The van der Waals surface area contributed by atoms with E-state index in [4.69, 9.17) is 32.7 Å². The molecule has 0 fully saturated rings. The molecule has 370 valence electrons. The number of halogens is 2. The smallest absolute Gasteiger partial charge is 0.335 e. The number of aromatic amines is 1. The molecular formula is C48H41ClFN9O12S. The maximum Gasteiger partial charge on any atom is 0.335 e. The molecule has 4 aromatic heterocycles. The van der Waals surface area contributed by atoms with Crippen molar-refractivity contribution in [1.29, 1.82) is 0 Å². The van der Waals surface area contributed by atoms with Crippen LogP contribution in [-0.2, 0) is 27.8 Å². The molecule has 0 unspecified atom stereocenters. The van der Waals surface area contributed by atoms with E-state index in [1.54, 1.807) is 50.5 Å². The van der Waals surface area contributed by atoms with E-state index in [-0.39, 0.29) is 51.6 Å². The summed E-state index contributed by atoms with van der Waals surface area (Å²) in [6.45, 7) is 8.57. The fourth-order valence-corrected chi connectivity index (χ4v) is 7.60. The number of anilines is 1. The fraction of sp³-hybridized carbons (Fsp3) is 0.104. The number of hydrogen-bond donors (Lipinski definition) is 6. The minimum absolute atomic E-state index is 0.0332. The van der Waals surface area contributed by atoms with E-state index in [1.165, 1.54) is 42.7 Å². The van der Waals surface area contributed by atoms with Crippen LogP contribution in [0.5, 0.6) is 0 Å². The van der Waals surface area contributed by atoms with Gasteiger partial charge in [0, 0.05) is 88.4 Å². The number of nitro benzene ring substituents is 2. The number of aryl methyl sites for hydroxylation is 2. The Labute approximate surface area is 412 Å². The van der Waals surface area contributed by atoms with E-state index in [2.05, 4.69) is 31.8 Å². The first-order chi connectivity index (χ1) is 33.9. The number of nitrogens with two attached hydrogens (primary N) is 2. The number of benzene rings is 4. The SMILES string of the molecule is C=C(C)C=O.Cc1cnc2c(S(N)(=O)=O)cc(Cc3cc(C(=O)NCc4cc5c(Cl)c[nH]c5cc4F)ccn3)cc2c1.Cc1cnc2c([N+](=O)[O-])cc(C(=O)O)cc2c1.Nc1ccc(C(=O)O)cc1[N+](=O)[O-]. The number of non-ortho nitro benzene ring substituents is 1. The second kappa shape index (κ2) is 23.0. The molecule has 0 spiro atoms. The lowest BCUT2D eigenvalue weighted by Gasteiger charge is -2.10. The molecule has 4 heterocycles. The number of pyridine rings is 3. The van der Waals surface area contributed by atoms with E-state index in [1.807, 2.05) is 19.1 Å². The van der Waals surface area contributed by atoms with Crippen molar-refractivity contribution >= 4 is 95.5 Å². The molecule has 72 heavy (non-hydrogen) atoms. The second-order valence-electron chi connectivity index (χ2n) is 15.7. The molecule has 0 saturated heterocycles. The quantitative estimate of drug-likeness (QED) is 0.0234. The van der Waals surface area contributed by atoms with Gasteiger partial charge in [-0.1, -0.05) is 18.2 Å². The molecule has 8 aromatic rings. The zero-order chi connectivity index (χ0) is 53.2. The Hall–Kier alpha value is -9.06. The van der Waals surface area contributed by atoms with Gasteiger partial charge in [0.15, 0.2) is 0 Å². The van der Waals surface area contributed by atoms with E-state index in [0.717, 1.165) is 29.5 Å². The number of amides is 1. The number of allylic oxidation sites excluding steroid dienone is 1. The lowest BCUT2D eigenvalue weighted by atomic mass is 10.0. The molecule has 24 heteroatoms. The first-order valence-electron chi connectivity index (χ1n) is 20.6. The highest BCUT2D eigenvalue weighted by Gasteiger charge is 2.20. The normalized spacial score (nSPS) is 10.7. The van der Waals surface area contributed by atoms with Crippen molar-refractivity contribution in [2.24, 2.45) is 5.14 Å². The molecule has 0 atom stereocenters. The first-order valence-corrected chi connectivity index (χ1v) is 22.5. The number of nitrogen functional groups attached to an aromatic ring is 1. The second-order valence-corrected chi connectivity index (χ2v) is 17.6. The number of H-pyrrole nitrogens is 1. The van der Waals surface area contributed by atoms with Crippen LogP contribution in [0.15, 0.2) is 121 Å². The van der Waals surface area contributed by atoms with Gasteiger partial charge < -0.3 is 26.2 Å². The molecule has 0 saturated carbocycles. The summed E-state index contributed by atoms with van der Waals surface area (Å²) in [7, 11) is -4.02. The van der Waals surface area contributed by atoms with Crippen LogP contribution in [0.1, 0.15) is 65.9 Å². The van der Waals surface area contributed by atoms with E-state index >= 15 is 0 Å². The Kier molecular flexibility index (Phi) is 17.2. The number of fused-ring (bicyclic) bond motifs is 3. The molecule has 21 nitrogen and oxygen atoms in total. The van der Waals surface area contributed by atoms with Gasteiger partial charge in [0.05, 0.1) is 31.5 Å². The van der Waals surface area contributed by atoms with Crippen LogP contribution >= 0.6 is 11.6 Å². The van der Waals surface area contributed by atoms with Crippen molar-refractivity contribution in [2.75, 3.05) is 5.73 Å². The molecule has 8 N–H and O–H groups in total. The topological polar surface area (TPSA) is 348 Å². The first kappa shape index (κ1) is 53.9. The fourth-order valence-electron chi connectivity index (χ4n) is 6.64. The van der Waals surface area contributed by atoms with Gasteiger partial charge in [-0.2, -0.15) is 0 Å². The molecule has 8 rings (SSSR count). The van der Waals surface area contributed by atoms with E-state index < -0.39 is 43.5 Å². The number of carboxylic acid groups (broad SMARTS) is 2. The molecule has 0 radical (unpaired) electrons. The number of primary sulfonamides is 1. The third-order valence-corrected chi connectivity index (χ3v) is 11.2. The number of nitrogens with one attached hydrogen (secondary N) is 2. The van der Waals surface area contributed by atoms with E-state index in [9.17, 15) is 52.2 Å². The van der Waals surface area contributed by atoms with Gasteiger partial charge in [-0.25, -0.2) is 32.5 Å². The van der Waals surface area contributed by atoms with Gasteiger partial charge in [-0.15, -0.1) is 0 Å². The van der Waals surface area contributed by atoms with Crippen LogP contribution in [0, 0.1) is 39.9 Å². The zero-order valence-electron chi connectivity index (χ0n) is 38.0. The predicted octanol–water partition coefficient (Wildman–Crippen LogP) is 8.17. The predicted molar refractivity (Wildman–Crippen MR) is 265 cm³/mol. The van der Waals surface area contributed by atoms with E-state index in [0.29, 0.717) is 60.2 Å². The zero-order valence-corrected chi connectivity index (χ0v) is 39.6. The monoisotopic (exact) mass is 1020 g/mol. The number of hydrogen-bond acceptors (Lipinski definition) is 14.